The number of pyridine rings is 1. The van der Waals surface area contributed by atoms with E-state index >= 15 is 0 Å². The third kappa shape index (κ3) is 1.26. The van der Waals surface area contributed by atoms with Crippen molar-refractivity contribution in [2.45, 2.75) is 6.23 Å². The molecule has 0 spiro atoms. The molecule has 2 aromatic heterocycles. The number of aromatic nitrogens is 1. The molecule has 0 aliphatic carbocycles. The van der Waals surface area contributed by atoms with Crippen molar-refractivity contribution >= 4 is 44.9 Å². The lowest BCUT2D eigenvalue weighted by Crippen LogP contribution is -2.32. The van der Waals surface area contributed by atoms with Gasteiger partial charge in [-0.15, -0.1) is 11.3 Å². The minimum absolute atomic E-state index is 0.326. The van der Waals surface area contributed by atoms with E-state index < -0.39 is 6.23 Å². The molecule has 0 amide bonds. The first-order chi connectivity index (χ1) is 7.68. The van der Waals surface area contributed by atoms with Gasteiger partial charge in [-0.3, -0.25) is 5.21 Å². The fourth-order valence-corrected chi connectivity index (χ4v) is 2.81. The molecule has 2 aromatic rings. The van der Waals surface area contributed by atoms with Crippen LogP contribution in [0.1, 0.15) is 5.56 Å². The quantitative estimate of drug-likeness (QED) is 0.710. The van der Waals surface area contributed by atoms with E-state index in [1.807, 2.05) is 11.4 Å². The van der Waals surface area contributed by atoms with Crippen molar-refractivity contribution in [1.29, 1.82) is 0 Å². The molecular formula is C10H7ClN2O2S. The summed E-state index contributed by atoms with van der Waals surface area (Å²) in [6.07, 6.45) is 2.07. The molecule has 1 aliphatic rings. The number of nitrogens with zero attached hydrogens (tertiary/aromatic N) is 2. The first-order valence-electron chi connectivity index (χ1n) is 4.59. The average molecular weight is 255 g/mol. The summed E-state index contributed by atoms with van der Waals surface area (Å²) < 4.78 is 0. The number of aliphatic hydroxyl groups is 1. The summed E-state index contributed by atoms with van der Waals surface area (Å²) in [5.74, 6) is 0. The molecule has 1 aliphatic heterocycles. The van der Waals surface area contributed by atoms with Crippen LogP contribution in [-0.4, -0.2) is 21.5 Å². The number of anilines is 1. The first kappa shape index (κ1) is 10.0. The number of hydrogen-bond acceptors (Lipinski definition) is 5. The van der Waals surface area contributed by atoms with Gasteiger partial charge >= 0.3 is 0 Å². The van der Waals surface area contributed by atoms with Crippen LogP contribution < -0.4 is 5.06 Å². The molecule has 2 N–H and O–H groups in total. The van der Waals surface area contributed by atoms with Gasteiger partial charge < -0.3 is 5.11 Å². The van der Waals surface area contributed by atoms with E-state index in [2.05, 4.69) is 4.98 Å². The molecule has 1 atom stereocenters. The highest BCUT2D eigenvalue weighted by Crippen LogP contribution is 2.39. The Hall–Kier alpha value is -1.14. The number of hydroxylamine groups is 1. The van der Waals surface area contributed by atoms with Crippen LogP contribution in [-0.2, 0) is 0 Å². The third-order valence-corrected chi connectivity index (χ3v) is 3.59. The lowest BCUT2D eigenvalue weighted by Gasteiger charge is -2.27. The Morgan fingerprint density at radius 1 is 1.50 bits per heavy atom. The number of rotatable bonds is 0. The average Bonchev–Trinajstić information content (AvgIpc) is 2.70. The lowest BCUT2D eigenvalue weighted by atomic mass is 10.1. The Bertz CT molecular complexity index is 596. The molecule has 0 saturated carbocycles. The molecule has 0 saturated heterocycles. The largest absolute Gasteiger partial charge is 0.368 e. The third-order valence-electron chi connectivity index (χ3n) is 2.49. The van der Waals surface area contributed by atoms with Crippen LogP contribution in [0.25, 0.3) is 16.3 Å². The highest BCUT2D eigenvalue weighted by molar-refractivity contribution is 7.16. The molecule has 1 unspecified atom stereocenters. The smallest absolute Gasteiger partial charge is 0.170 e. The van der Waals surface area contributed by atoms with Crippen molar-refractivity contribution < 1.29 is 10.3 Å². The monoisotopic (exact) mass is 254 g/mol. The molecule has 0 bridgehead atoms. The van der Waals surface area contributed by atoms with Gasteiger partial charge in [-0.05, 0) is 23.6 Å². The fourth-order valence-electron chi connectivity index (χ4n) is 1.75. The fraction of sp³-hybridized carbons (Fsp3) is 0.100. The SMILES string of the molecule is OC1C=Cc2c(Cl)nc3sccc3c2N1O. The number of fused-ring (bicyclic) bond motifs is 3. The minimum Gasteiger partial charge on any atom is -0.368 e. The lowest BCUT2D eigenvalue weighted by molar-refractivity contribution is 0.0989. The van der Waals surface area contributed by atoms with Gasteiger partial charge in [0.2, 0.25) is 0 Å². The topological polar surface area (TPSA) is 56.6 Å². The zero-order valence-electron chi connectivity index (χ0n) is 7.96. The van der Waals surface area contributed by atoms with Crippen molar-refractivity contribution in [2.24, 2.45) is 0 Å². The van der Waals surface area contributed by atoms with Crippen LogP contribution in [0.2, 0.25) is 5.15 Å². The second-order valence-electron chi connectivity index (χ2n) is 3.42. The molecular weight excluding hydrogens is 248 g/mol. The highest BCUT2D eigenvalue weighted by atomic mass is 35.5. The van der Waals surface area contributed by atoms with E-state index in [9.17, 15) is 10.3 Å². The second-order valence-corrected chi connectivity index (χ2v) is 4.67. The summed E-state index contributed by atoms with van der Waals surface area (Å²) in [7, 11) is 0. The van der Waals surface area contributed by atoms with Crippen LogP contribution >= 0.6 is 22.9 Å². The molecule has 82 valence electrons. The maximum atomic E-state index is 9.82. The summed E-state index contributed by atoms with van der Waals surface area (Å²) in [6, 6.07) is 1.84. The highest BCUT2D eigenvalue weighted by Gasteiger charge is 2.24. The molecule has 0 radical (unpaired) electrons. The van der Waals surface area contributed by atoms with Crippen LogP contribution in [0.15, 0.2) is 17.5 Å². The van der Waals surface area contributed by atoms with Gasteiger partial charge in [-0.2, -0.15) is 0 Å². The maximum Gasteiger partial charge on any atom is 0.170 e. The van der Waals surface area contributed by atoms with Crippen LogP contribution in [0.4, 0.5) is 5.69 Å². The number of thiophene rings is 1. The van der Waals surface area contributed by atoms with Gasteiger partial charge in [-0.25, -0.2) is 10.0 Å². The molecule has 3 rings (SSSR count). The van der Waals surface area contributed by atoms with E-state index in [0.717, 1.165) is 15.3 Å². The summed E-state index contributed by atoms with van der Waals surface area (Å²) in [5, 5.41) is 23.1. The van der Waals surface area contributed by atoms with Gasteiger partial charge in [0, 0.05) is 10.9 Å². The Labute approximate surface area is 100.0 Å². The van der Waals surface area contributed by atoms with Gasteiger partial charge in [0.1, 0.15) is 9.98 Å². The Balaban J connectivity index is 2.42. The second kappa shape index (κ2) is 3.43. The number of aliphatic hydroxyl groups excluding tert-OH is 1. The normalized spacial score (nSPS) is 19.2. The van der Waals surface area contributed by atoms with E-state index in [1.54, 1.807) is 6.08 Å². The molecule has 0 aromatic carbocycles. The van der Waals surface area contributed by atoms with Crippen molar-refractivity contribution in [3.63, 3.8) is 0 Å². The summed E-state index contributed by atoms with van der Waals surface area (Å²) in [5.41, 5.74) is 1.13. The van der Waals surface area contributed by atoms with Gasteiger partial charge in [0.15, 0.2) is 6.23 Å². The Morgan fingerprint density at radius 3 is 3.12 bits per heavy atom. The standard InChI is InChI=1S/C10H7ClN2O2S/c11-9-5-1-2-7(14)13(15)8(5)6-3-4-16-10(6)12-9/h1-4,7,14-15H. The Morgan fingerprint density at radius 2 is 2.31 bits per heavy atom. The number of hydrogen-bond donors (Lipinski definition) is 2. The summed E-state index contributed by atoms with van der Waals surface area (Å²) >= 11 is 7.45. The molecule has 6 heteroatoms. The Kier molecular flexibility index (Phi) is 2.15. The van der Waals surface area contributed by atoms with Crippen LogP contribution in [0.5, 0.6) is 0 Å². The summed E-state index contributed by atoms with van der Waals surface area (Å²) in [4.78, 5) is 4.96. The predicted molar refractivity (Wildman–Crippen MR) is 63.9 cm³/mol. The van der Waals surface area contributed by atoms with Gasteiger partial charge in [0.05, 0.1) is 5.69 Å². The zero-order chi connectivity index (χ0) is 11.3. The van der Waals surface area contributed by atoms with E-state index in [-0.39, 0.29) is 0 Å². The van der Waals surface area contributed by atoms with Crippen molar-refractivity contribution in [3.8, 4) is 0 Å². The van der Waals surface area contributed by atoms with Gasteiger partial charge in [-0.1, -0.05) is 11.6 Å². The molecule has 0 fully saturated rings. The first-order valence-corrected chi connectivity index (χ1v) is 5.85. The van der Waals surface area contributed by atoms with Crippen LogP contribution in [0, 0.1) is 0 Å². The number of halogens is 1. The van der Waals surface area contributed by atoms with E-state index in [4.69, 9.17) is 11.6 Å². The zero-order valence-corrected chi connectivity index (χ0v) is 9.53. The summed E-state index contributed by atoms with van der Waals surface area (Å²) in [6.45, 7) is 0. The molecule has 4 nitrogen and oxygen atoms in total. The van der Waals surface area contributed by atoms with E-state index in [1.165, 1.54) is 17.4 Å². The van der Waals surface area contributed by atoms with Crippen molar-refractivity contribution in [2.75, 3.05) is 5.06 Å². The molecule has 16 heavy (non-hydrogen) atoms. The van der Waals surface area contributed by atoms with E-state index in [0.29, 0.717) is 16.4 Å². The minimum atomic E-state index is -1.05. The van der Waals surface area contributed by atoms with Crippen molar-refractivity contribution in [3.05, 3.63) is 28.2 Å². The molecule has 3 heterocycles. The van der Waals surface area contributed by atoms with Crippen LogP contribution in [0.3, 0.4) is 0 Å². The maximum absolute atomic E-state index is 9.82. The predicted octanol–water partition coefficient (Wildman–Crippen LogP) is 2.49. The van der Waals surface area contributed by atoms with Gasteiger partial charge in [0.25, 0.3) is 0 Å². The van der Waals surface area contributed by atoms with Crippen molar-refractivity contribution in [1.82, 2.24) is 4.98 Å².